The van der Waals surface area contributed by atoms with Crippen molar-refractivity contribution in [3.8, 4) is 0 Å². The number of carbonyl (C=O) groups is 1. The number of pyridine rings is 1. The van der Waals surface area contributed by atoms with Crippen LogP contribution >= 0.6 is 0 Å². The first-order chi connectivity index (χ1) is 8.79. The van der Waals surface area contributed by atoms with Gasteiger partial charge in [-0.25, -0.2) is 9.31 Å². The van der Waals surface area contributed by atoms with Gasteiger partial charge in [-0.3, -0.25) is 0 Å². The van der Waals surface area contributed by atoms with Crippen molar-refractivity contribution >= 4 is 22.4 Å². The molecule has 0 aliphatic carbocycles. The summed E-state index contributed by atoms with van der Waals surface area (Å²) in [7, 11) is 0. The highest BCUT2D eigenvalue weighted by Crippen LogP contribution is 2.20. The number of benzene rings is 1. The van der Waals surface area contributed by atoms with Crippen molar-refractivity contribution in [2.45, 2.75) is 6.92 Å². The molecule has 0 fully saturated rings. The predicted octanol–water partition coefficient (Wildman–Crippen LogP) is 2.66. The highest BCUT2D eigenvalue weighted by molar-refractivity contribution is 5.98. The number of ether oxygens (including phenoxy) is 1. The number of carbonyl (C=O) groups excluding carboxylic acids is 1. The second kappa shape index (κ2) is 4.14. The van der Waals surface area contributed by atoms with Gasteiger partial charge in [-0.2, -0.15) is 5.10 Å². The number of hydrogen-bond donors (Lipinski definition) is 0. The van der Waals surface area contributed by atoms with E-state index in [1.165, 1.54) is 0 Å². The first-order valence-electron chi connectivity index (χ1n) is 5.84. The Balaban J connectivity index is 2.21. The van der Waals surface area contributed by atoms with Crippen molar-refractivity contribution in [1.82, 2.24) is 9.61 Å². The SMILES string of the molecule is CCOC(=O)c1ccn2nc3ccccc3c2c1. The van der Waals surface area contributed by atoms with E-state index in [0.717, 1.165) is 16.4 Å². The van der Waals surface area contributed by atoms with Crippen LogP contribution in [0.25, 0.3) is 16.4 Å². The molecule has 0 unspecified atom stereocenters. The Kier molecular flexibility index (Phi) is 2.48. The monoisotopic (exact) mass is 240 g/mol. The second-order valence-corrected chi connectivity index (χ2v) is 3.98. The van der Waals surface area contributed by atoms with Crippen molar-refractivity contribution < 1.29 is 9.53 Å². The third-order valence-electron chi connectivity index (χ3n) is 2.84. The largest absolute Gasteiger partial charge is 0.462 e. The van der Waals surface area contributed by atoms with E-state index in [1.807, 2.05) is 30.3 Å². The Labute approximate surface area is 104 Å². The zero-order valence-electron chi connectivity index (χ0n) is 9.96. The Morgan fingerprint density at radius 3 is 3.00 bits per heavy atom. The lowest BCUT2D eigenvalue weighted by atomic mass is 10.2. The van der Waals surface area contributed by atoms with E-state index in [9.17, 15) is 4.79 Å². The summed E-state index contributed by atoms with van der Waals surface area (Å²) in [6, 6.07) is 11.4. The fraction of sp³-hybridized carbons (Fsp3) is 0.143. The molecule has 2 aromatic heterocycles. The van der Waals surface area contributed by atoms with E-state index in [-0.39, 0.29) is 5.97 Å². The summed E-state index contributed by atoms with van der Waals surface area (Å²) in [4.78, 5) is 11.7. The molecule has 4 nitrogen and oxygen atoms in total. The molecule has 0 amide bonds. The molecule has 18 heavy (non-hydrogen) atoms. The number of fused-ring (bicyclic) bond motifs is 3. The molecular formula is C14H12N2O2. The van der Waals surface area contributed by atoms with Gasteiger partial charge in [0.15, 0.2) is 0 Å². The van der Waals surface area contributed by atoms with Crippen molar-refractivity contribution in [1.29, 1.82) is 0 Å². The van der Waals surface area contributed by atoms with E-state index in [2.05, 4.69) is 5.10 Å². The summed E-state index contributed by atoms with van der Waals surface area (Å²) in [6.45, 7) is 2.18. The summed E-state index contributed by atoms with van der Waals surface area (Å²) >= 11 is 0. The van der Waals surface area contributed by atoms with Gasteiger partial charge in [0.05, 0.1) is 23.2 Å². The Morgan fingerprint density at radius 1 is 1.33 bits per heavy atom. The highest BCUT2D eigenvalue weighted by Gasteiger charge is 2.10. The first kappa shape index (κ1) is 10.8. The van der Waals surface area contributed by atoms with Crippen LogP contribution in [0.3, 0.4) is 0 Å². The summed E-state index contributed by atoms with van der Waals surface area (Å²) in [6.07, 6.45) is 1.78. The first-order valence-corrected chi connectivity index (χ1v) is 5.84. The molecule has 2 heterocycles. The quantitative estimate of drug-likeness (QED) is 0.647. The summed E-state index contributed by atoms with van der Waals surface area (Å²) < 4.78 is 6.77. The molecular weight excluding hydrogens is 228 g/mol. The molecule has 0 bridgehead atoms. The smallest absolute Gasteiger partial charge is 0.338 e. The van der Waals surface area contributed by atoms with Crippen LogP contribution in [0.1, 0.15) is 17.3 Å². The number of esters is 1. The average Bonchev–Trinajstić information content (AvgIpc) is 2.76. The van der Waals surface area contributed by atoms with E-state index in [0.29, 0.717) is 12.2 Å². The molecule has 0 radical (unpaired) electrons. The predicted molar refractivity (Wildman–Crippen MR) is 68.7 cm³/mol. The van der Waals surface area contributed by atoms with Crippen LogP contribution in [0.2, 0.25) is 0 Å². The summed E-state index contributed by atoms with van der Waals surface area (Å²) in [5.74, 6) is -0.301. The van der Waals surface area contributed by atoms with Crippen molar-refractivity contribution in [2.75, 3.05) is 6.61 Å². The minimum absolute atomic E-state index is 0.301. The van der Waals surface area contributed by atoms with Gasteiger partial charge in [-0.15, -0.1) is 0 Å². The minimum atomic E-state index is -0.301. The highest BCUT2D eigenvalue weighted by atomic mass is 16.5. The fourth-order valence-corrected chi connectivity index (χ4v) is 2.02. The van der Waals surface area contributed by atoms with Crippen LogP contribution in [0.15, 0.2) is 42.6 Å². The Hall–Kier alpha value is -2.36. The lowest BCUT2D eigenvalue weighted by Gasteiger charge is -2.01. The van der Waals surface area contributed by atoms with Crippen molar-refractivity contribution in [3.05, 3.63) is 48.2 Å². The van der Waals surface area contributed by atoms with Crippen molar-refractivity contribution in [3.63, 3.8) is 0 Å². The van der Waals surface area contributed by atoms with Crippen LogP contribution in [-0.2, 0) is 4.74 Å². The number of nitrogens with zero attached hydrogens (tertiary/aromatic N) is 2. The summed E-state index contributed by atoms with van der Waals surface area (Å²) in [5, 5.41) is 5.46. The molecule has 1 aromatic carbocycles. The van der Waals surface area contributed by atoms with E-state index in [4.69, 9.17) is 4.74 Å². The maximum absolute atomic E-state index is 11.7. The molecule has 0 saturated carbocycles. The van der Waals surface area contributed by atoms with Crippen LogP contribution in [0, 0.1) is 0 Å². The molecule has 0 aliphatic rings. The van der Waals surface area contributed by atoms with E-state index < -0.39 is 0 Å². The normalized spacial score (nSPS) is 10.9. The lowest BCUT2D eigenvalue weighted by Crippen LogP contribution is -2.05. The second-order valence-electron chi connectivity index (χ2n) is 3.98. The third-order valence-corrected chi connectivity index (χ3v) is 2.84. The van der Waals surface area contributed by atoms with Gasteiger partial charge in [-0.05, 0) is 25.1 Å². The third kappa shape index (κ3) is 1.62. The molecule has 3 aromatic rings. The van der Waals surface area contributed by atoms with E-state index >= 15 is 0 Å². The van der Waals surface area contributed by atoms with Gasteiger partial charge in [0.1, 0.15) is 0 Å². The molecule has 3 rings (SSSR count). The molecule has 90 valence electrons. The molecule has 0 saturated heterocycles. The van der Waals surface area contributed by atoms with Gasteiger partial charge in [0, 0.05) is 11.6 Å². The zero-order valence-corrected chi connectivity index (χ0v) is 9.96. The standard InChI is InChI=1S/C14H12N2O2/c1-2-18-14(17)10-7-8-16-13(9-10)11-5-3-4-6-12(11)15-16/h3-9H,2H2,1H3. The Bertz CT molecular complexity index is 731. The number of hydrogen-bond acceptors (Lipinski definition) is 3. The van der Waals surface area contributed by atoms with Crippen LogP contribution in [0.5, 0.6) is 0 Å². The van der Waals surface area contributed by atoms with Crippen LogP contribution in [0.4, 0.5) is 0 Å². The van der Waals surface area contributed by atoms with Crippen LogP contribution < -0.4 is 0 Å². The van der Waals surface area contributed by atoms with Crippen LogP contribution in [-0.4, -0.2) is 22.2 Å². The Morgan fingerprint density at radius 2 is 2.17 bits per heavy atom. The number of aromatic nitrogens is 2. The topological polar surface area (TPSA) is 43.6 Å². The van der Waals surface area contributed by atoms with Gasteiger partial charge in [0.25, 0.3) is 0 Å². The molecule has 4 heteroatoms. The van der Waals surface area contributed by atoms with Gasteiger partial charge < -0.3 is 4.74 Å². The number of rotatable bonds is 2. The zero-order chi connectivity index (χ0) is 12.5. The lowest BCUT2D eigenvalue weighted by molar-refractivity contribution is 0.0526. The van der Waals surface area contributed by atoms with Gasteiger partial charge in [0.2, 0.25) is 0 Å². The van der Waals surface area contributed by atoms with Gasteiger partial charge >= 0.3 is 5.97 Å². The molecule has 0 spiro atoms. The fourth-order valence-electron chi connectivity index (χ4n) is 2.02. The maximum Gasteiger partial charge on any atom is 0.338 e. The molecule has 0 aliphatic heterocycles. The van der Waals surface area contributed by atoms with E-state index in [1.54, 1.807) is 23.7 Å². The van der Waals surface area contributed by atoms with Crippen molar-refractivity contribution in [2.24, 2.45) is 0 Å². The summed E-state index contributed by atoms with van der Waals surface area (Å²) in [5.41, 5.74) is 2.38. The van der Waals surface area contributed by atoms with Gasteiger partial charge in [-0.1, -0.05) is 18.2 Å². The molecule has 0 N–H and O–H groups in total. The minimum Gasteiger partial charge on any atom is -0.462 e. The molecule has 0 atom stereocenters. The maximum atomic E-state index is 11.7. The average molecular weight is 240 g/mol.